The van der Waals surface area contributed by atoms with E-state index in [0.29, 0.717) is 0 Å². The van der Waals surface area contributed by atoms with Gasteiger partial charge in [-0.3, -0.25) is 0 Å². The summed E-state index contributed by atoms with van der Waals surface area (Å²) in [6, 6.07) is 45.8. The number of nitrogens with zero attached hydrogens (tertiary/aromatic N) is 2. The van der Waals surface area contributed by atoms with Crippen molar-refractivity contribution >= 4 is 94.5 Å². The molecule has 0 fully saturated rings. The number of hydrogen-bond donors (Lipinski definition) is 0. The molecule has 11 rings (SSSR count). The number of aromatic nitrogens is 2. The summed E-state index contributed by atoms with van der Waals surface area (Å²) in [7, 11) is 0. The van der Waals surface area contributed by atoms with Crippen LogP contribution in [0, 0.1) is 0 Å². The SMILES string of the molecule is C=Cc1c2cc(-c3ccccc3)cc3c4cccc5ccc6c(c54)n(c23)c2c1c(=C)ccc2n6-c1cccc2oc3ccccc3c12. The van der Waals surface area contributed by atoms with Crippen molar-refractivity contribution in [3.8, 4) is 16.8 Å². The average molecular weight is 599 g/mol. The predicted octanol–water partition coefficient (Wildman–Crippen LogP) is 11.3. The van der Waals surface area contributed by atoms with E-state index < -0.39 is 0 Å². The topological polar surface area (TPSA) is 22.5 Å². The molecular formula is C44H26N2O. The van der Waals surface area contributed by atoms with Gasteiger partial charge in [-0.2, -0.15) is 0 Å². The molecule has 0 saturated heterocycles. The Hall–Kier alpha value is -6.32. The molecule has 0 atom stereocenters. The van der Waals surface area contributed by atoms with E-state index in [1.54, 1.807) is 0 Å². The van der Waals surface area contributed by atoms with Crippen LogP contribution >= 0.6 is 0 Å². The van der Waals surface area contributed by atoms with Crippen LogP contribution < -0.4 is 5.22 Å². The van der Waals surface area contributed by atoms with Crippen molar-refractivity contribution < 1.29 is 4.42 Å². The molecular weight excluding hydrogens is 572 g/mol. The van der Waals surface area contributed by atoms with Gasteiger partial charge in [0.25, 0.3) is 0 Å². The summed E-state index contributed by atoms with van der Waals surface area (Å²) >= 11 is 0. The molecule has 0 bridgehead atoms. The zero-order chi connectivity index (χ0) is 31.0. The second-order valence-electron chi connectivity index (χ2n) is 12.6. The first-order chi connectivity index (χ1) is 23.2. The first-order valence-electron chi connectivity index (χ1n) is 16.0. The zero-order valence-electron chi connectivity index (χ0n) is 25.4. The van der Waals surface area contributed by atoms with Crippen molar-refractivity contribution in [1.82, 2.24) is 8.97 Å². The van der Waals surface area contributed by atoms with Crippen LogP contribution in [0.2, 0.25) is 0 Å². The molecule has 0 saturated carbocycles. The monoisotopic (exact) mass is 598 g/mol. The van der Waals surface area contributed by atoms with Gasteiger partial charge in [-0.05, 0) is 75.1 Å². The van der Waals surface area contributed by atoms with E-state index >= 15 is 0 Å². The Kier molecular flexibility index (Phi) is 4.61. The Labute approximate surface area is 268 Å². The van der Waals surface area contributed by atoms with Crippen molar-refractivity contribution in [2.75, 3.05) is 0 Å². The fraction of sp³-hybridized carbons (Fsp3) is 0. The molecule has 0 spiro atoms. The van der Waals surface area contributed by atoms with E-state index in [0.717, 1.165) is 60.3 Å². The Balaban J connectivity index is 1.47. The lowest BCUT2D eigenvalue weighted by atomic mass is 9.90. The largest absolute Gasteiger partial charge is 0.456 e. The van der Waals surface area contributed by atoms with Crippen LogP contribution in [-0.2, 0) is 0 Å². The third-order valence-electron chi connectivity index (χ3n) is 10.3. The van der Waals surface area contributed by atoms with E-state index in [4.69, 9.17) is 4.42 Å². The van der Waals surface area contributed by atoms with Crippen molar-refractivity contribution in [2.45, 2.75) is 0 Å². The fourth-order valence-corrected chi connectivity index (χ4v) is 8.41. The van der Waals surface area contributed by atoms with E-state index in [-0.39, 0.29) is 0 Å². The van der Waals surface area contributed by atoms with E-state index in [1.807, 2.05) is 12.1 Å². The Bertz CT molecular complexity index is 3150. The summed E-state index contributed by atoms with van der Waals surface area (Å²) in [4.78, 5) is 0. The fourth-order valence-electron chi connectivity index (χ4n) is 8.41. The second-order valence-corrected chi connectivity index (χ2v) is 12.6. The van der Waals surface area contributed by atoms with E-state index in [1.165, 1.54) is 49.1 Å². The minimum atomic E-state index is 0.878. The number of rotatable bonds is 3. The Morgan fingerprint density at radius 1 is 0.532 bits per heavy atom. The Morgan fingerprint density at radius 2 is 1.26 bits per heavy atom. The van der Waals surface area contributed by atoms with Crippen LogP contribution in [0.4, 0.5) is 0 Å². The van der Waals surface area contributed by atoms with Gasteiger partial charge in [-0.25, -0.2) is 0 Å². The first-order valence-corrected chi connectivity index (χ1v) is 16.0. The molecule has 0 aliphatic carbocycles. The normalized spacial score (nSPS) is 12.4. The van der Waals surface area contributed by atoms with E-state index in [9.17, 15) is 0 Å². The van der Waals surface area contributed by atoms with Gasteiger partial charge in [0, 0.05) is 26.9 Å². The van der Waals surface area contributed by atoms with Gasteiger partial charge in [0.1, 0.15) is 11.2 Å². The molecule has 0 unspecified atom stereocenters. The van der Waals surface area contributed by atoms with Crippen molar-refractivity contribution in [3.63, 3.8) is 0 Å². The van der Waals surface area contributed by atoms with Crippen molar-refractivity contribution in [3.05, 3.63) is 145 Å². The molecule has 218 valence electrons. The lowest BCUT2D eigenvalue weighted by Gasteiger charge is -2.27. The van der Waals surface area contributed by atoms with Gasteiger partial charge in [-0.1, -0.05) is 104 Å². The van der Waals surface area contributed by atoms with Crippen LogP contribution in [0.5, 0.6) is 0 Å². The standard InChI is InChI=1S/C44H26N2O/c1-3-29-32-23-28(26-11-5-4-6-12-26)24-33-30-15-9-13-27-20-22-36-44(40(27)30)46(42(32)33)43-35(21-19-25(2)39(29)43)45(36)34-16-10-18-38-41(34)31-14-7-8-17-37(31)47-38/h3-24H,1-2H2. The van der Waals surface area contributed by atoms with Gasteiger partial charge in [-0.15, -0.1) is 0 Å². The van der Waals surface area contributed by atoms with Crippen LogP contribution in [0.3, 0.4) is 0 Å². The summed E-state index contributed by atoms with van der Waals surface area (Å²) in [5.41, 5.74) is 12.2. The highest BCUT2D eigenvalue weighted by atomic mass is 16.3. The van der Waals surface area contributed by atoms with Gasteiger partial charge in [0.15, 0.2) is 0 Å². The van der Waals surface area contributed by atoms with E-state index in [2.05, 4.69) is 143 Å². The molecule has 11 aromatic rings. The third kappa shape index (κ3) is 3.02. The molecule has 0 aliphatic rings. The molecule has 7 aromatic carbocycles. The highest BCUT2D eigenvalue weighted by Gasteiger charge is 2.25. The quantitative estimate of drug-likeness (QED) is 0.146. The van der Waals surface area contributed by atoms with Crippen LogP contribution in [0.1, 0.15) is 5.56 Å². The summed E-state index contributed by atoms with van der Waals surface area (Å²) in [5.74, 6) is 0. The smallest absolute Gasteiger partial charge is 0.137 e. The van der Waals surface area contributed by atoms with Crippen molar-refractivity contribution in [1.29, 1.82) is 0 Å². The third-order valence-corrected chi connectivity index (χ3v) is 10.3. The number of hydrogen-bond acceptors (Lipinski definition) is 1. The predicted molar refractivity (Wildman–Crippen MR) is 199 cm³/mol. The highest BCUT2D eigenvalue weighted by molar-refractivity contribution is 6.29. The minimum Gasteiger partial charge on any atom is -0.456 e. The minimum absolute atomic E-state index is 0.878. The number of fused-ring (bicyclic) bond motifs is 4. The summed E-state index contributed by atoms with van der Waals surface area (Å²) < 4.78 is 11.4. The van der Waals surface area contributed by atoms with Crippen LogP contribution in [0.25, 0.3) is 111 Å². The molecule has 0 N–H and O–H groups in total. The first kappa shape index (κ1) is 24.9. The summed E-state index contributed by atoms with van der Waals surface area (Å²) in [6.07, 6.45) is 2.03. The Morgan fingerprint density at radius 3 is 2.13 bits per heavy atom. The molecule has 0 amide bonds. The van der Waals surface area contributed by atoms with Crippen LogP contribution in [0.15, 0.2) is 138 Å². The zero-order valence-corrected chi connectivity index (χ0v) is 25.4. The maximum Gasteiger partial charge on any atom is 0.137 e. The number of pyridine rings is 2. The molecule has 0 aliphatic heterocycles. The maximum absolute atomic E-state index is 6.40. The lowest BCUT2D eigenvalue weighted by Crippen LogP contribution is -2.13. The number of benzene rings is 7. The summed E-state index contributed by atoms with van der Waals surface area (Å²) in [5, 5.41) is 10.5. The second kappa shape index (κ2) is 8.68. The molecule has 4 heterocycles. The highest BCUT2D eigenvalue weighted by Crippen LogP contribution is 2.46. The summed E-state index contributed by atoms with van der Waals surface area (Å²) in [6.45, 7) is 8.99. The molecule has 3 heteroatoms. The molecule has 3 nitrogen and oxygen atoms in total. The molecule has 47 heavy (non-hydrogen) atoms. The van der Waals surface area contributed by atoms with Crippen LogP contribution in [-0.4, -0.2) is 8.97 Å². The van der Waals surface area contributed by atoms with Gasteiger partial charge >= 0.3 is 0 Å². The van der Waals surface area contributed by atoms with Gasteiger partial charge < -0.3 is 13.4 Å². The average Bonchev–Trinajstić information content (AvgIpc) is 3.51. The lowest BCUT2D eigenvalue weighted by molar-refractivity contribution is 0.669. The molecule has 4 aromatic heterocycles. The molecule has 0 radical (unpaired) electrons. The number of para-hydroxylation sites is 1. The van der Waals surface area contributed by atoms with Crippen molar-refractivity contribution in [2.24, 2.45) is 0 Å². The maximum atomic E-state index is 6.40. The van der Waals surface area contributed by atoms with Gasteiger partial charge in [0.05, 0.1) is 38.7 Å². The van der Waals surface area contributed by atoms with Gasteiger partial charge in [0.2, 0.25) is 0 Å². The number of furan rings is 1.